The Hall–Kier alpha value is -2.70. The van der Waals surface area contributed by atoms with Crippen molar-refractivity contribution in [2.75, 3.05) is 31.6 Å². The molecule has 1 unspecified atom stereocenters. The number of methoxy groups -OCH3 is 1. The number of amides is 1. The van der Waals surface area contributed by atoms with Gasteiger partial charge in [0.2, 0.25) is 5.91 Å². The largest absolute Gasteiger partial charge is 0.492 e. The second-order valence-electron chi connectivity index (χ2n) is 8.98. The number of rotatable bonds is 8. The van der Waals surface area contributed by atoms with E-state index in [0.717, 1.165) is 12.8 Å². The average molecular weight is 521 g/mol. The van der Waals surface area contributed by atoms with Gasteiger partial charge in [-0.25, -0.2) is 4.39 Å². The van der Waals surface area contributed by atoms with Crippen LogP contribution in [0.4, 0.5) is 10.1 Å². The number of ketones is 1. The van der Waals surface area contributed by atoms with Crippen molar-refractivity contribution in [3.05, 3.63) is 33.9 Å². The molecule has 2 fully saturated rings. The maximum absolute atomic E-state index is 15.6. The van der Waals surface area contributed by atoms with Crippen LogP contribution in [0.2, 0.25) is 0 Å². The first kappa shape index (κ1) is 25.4. The molecule has 2 heterocycles. The quantitative estimate of drug-likeness (QED) is 0.382. The maximum atomic E-state index is 15.6. The van der Waals surface area contributed by atoms with E-state index in [0.29, 0.717) is 18.6 Å². The van der Waals surface area contributed by atoms with Crippen LogP contribution in [0.25, 0.3) is 10.9 Å². The zero-order valence-corrected chi connectivity index (χ0v) is 21.5. The van der Waals surface area contributed by atoms with Gasteiger partial charge in [0.15, 0.2) is 39.7 Å². The zero-order chi connectivity index (χ0) is 25.4. The molecule has 1 aromatic carbocycles. The molecule has 2 aliphatic rings. The molecule has 1 aliphatic heterocycles. The van der Waals surface area contributed by atoms with E-state index in [1.54, 1.807) is 16.0 Å². The van der Waals surface area contributed by atoms with Crippen molar-refractivity contribution in [3.8, 4) is 5.75 Å². The summed E-state index contributed by atoms with van der Waals surface area (Å²) in [7, 11) is 0.714. The monoisotopic (exact) mass is 521 g/mol. The summed E-state index contributed by atoms with van der Waals surface area (Å²) in [5.74, 6) is -1.06. The molecule has 9 nitrogen and oxygen atoms in total. The number of carbonyl (C=O) groups is 2. The van der Waals surface area contributed by atoms with E-state index in [2.05, 4.69) is 0 Å². The summed E-state index contributed by atoms with van der Waals surface area (Å²) in [5, 5.41) is -0.686. The van der Waals surface area contributed by atoms with Crippen molar-refractivity contribution in [1.82, 2.24) is 9.47 Å². The fraction of sp³-hybridized carbons (Fsp3) is 0.522. The fourth-order valence-corrected chi connectivity index (χ4v) is 5.34. The lowest BCUT2D eigenvalue weighted by Gasteiger charge is -2.41. The summed E-state index contributed by atoms with van der Waals surface area (Å²) < 4.78 is 45.2. The molecule has 1 atom stereocenters. The Balaban J connectivity index is 1.74. The van der Waals surface area contributed by atoms with E-state index < -0.39 is 16.6 Å². The third-order valence-electron chi connectivity index (χ3n) is 6.59. The van der Waals surface area contributed by atoms with Gasteiger partial charge in [-0.15, -0.1) is 0 Å². The molecule has 2 aromatic rings. The number of hydrogen-bond acceptors (Lipinski definition) is 7. The Morgan fingerprint density at radius 1 is 1.23 bits per heavy atom. The normalized spacial score (nSPS) is 19.4. The summed E-state index contributed by atoms with van der Waals surface area (Å²) in [6.07, 6.45) is 3.21. The lowest BCUT2D eigenvalue weighted by molar-refractivity contribution is -0.133. The molecule has 1 saturated heterocycles. The molecular formula is C23H26FN3O6P2. The van der Waals surface area contributed by atoms with Crippen molar-refractivity contribution in [2.45, 2.75) is 50.6 Å². The first-order valence-electron chi connectivity index (χ1n) is 11.4. The third kappa shape index (κ3) is 4.74. The minimum Gasteiger partial charge on any atom is -0.492 e. The minimum absolute atomic E-state index is 0.0209. The van der Waals surface area contributed by atoms with Crippen LogP contribution in [0.1, 0.15) is 49.5 Å². The van der Waals surface area contributed by atoms with Crippen molar-refractivity contribution in [2.24, 2.45) is 0 Å². The minimum atomic E-state index is -0.787. The van der Waals surface area contributed by atoms with Crippen molar-refractivity contribution >= 4 is 45.2 Å². The number of ether oxygens (including phenoxy) is 1. The first-order valence-corrected chi connectivity index (χ1v) is 13.1. The molecule has 4 rings (SSSR count). The van der Waals surface area contributed by atoms with Crippen LogP contribution in [-0.2, 0) is 13.9 Å². The van der Waals surface area contributed by atoms with E-state index in [1.165, 1.54) is 20.1 Å². The van der Waals surface area contributed by atoms with Gasteiger partial charge in [0, 0.05) is 37.9 Å². The van der Waals surface area contributed by atoms with E-state index in [1.807, 2.05) is 11.5 Å². The number of nitrogens with zero attached hydrogens (tertiary/aromatic N) is 3. The predicted octanol–water partition coefficient (Wildman–Crippen LogP) is 4.02. The fourth-order valence-electron chi connectivity index (χ4n) is 4.72. The number of Topliss-reactive ketones (excluding diaryl/α,β-unsaturated/α-hetero) is 1. The Kier molecular flexibility index (Phi) is 7.34. The first-order chi connectivity index (χ1) is 16.7. The standard InChI is InChI=1S/C23H26FN3O6P2/c1-12-10-25(6-7-26(12)18(29)9-19(34-31)35-32)21-17(24)8-15-20(23(21)33-3)27(14-4-5-14)11-16(13(2)28)22(15)30/h8,11-12,14,19H,4-7,9-10H2,1-3H3. The van der Waals surface area contributed by atoms with Crippen molar-refractivity contribution < 1.29 is 27.8 Å². The van der Waals surface area contributed by atoms with Crippen molar-refractivity contribution in [3.63, 3.8) is 0 Å². The van der Waals surface area contributed by atoms with Gasteiger partial charge in [0.25, 0.3) is 0 Å². The molecule has 1 amide bonds. The van der Waals surface area contributed by atoms with Gasteiger partial charge in [-0.2, -0.15) is 0 Å². The Morgan fingerprint density at radius 2 is 1.91 bits per heavy atom. The van der Waals surface area contributed by atoms with Crippen LogP contribution in [0.3, 0.4) is 0 Å². The highest BCUT2D eigenvalue weighted by Crippen LogP contribution is 2.44. The lowest BCUT2D eigenvalue weighted by atomic mass is 10.0. The molecule has 35 heavy (non-hydrogen) atoms. The van der Waals surface area contributed by atoms with Crippen LogP contribution in [0.5, 0.6) is 5.75 Å². The molecule has 186 valence electrons. The SMILES string of the molecule is COc1c(N2CCN(C(=O)CC(P=O)P=O)C(C)C2)c(F)cc2c(=O)c(C(C)=O)cn(C3CC3)c12. The van der Waals surface area contributed by atoms with Gasteiger partial charge in [0.1, 0.15) is 11.1 Å². The number of aromatic nitrogens is 1. The van der Waals surface area contributed by atoms with Crippen LogP contribution in [0.15, 0.2) is 17.1 Å². The summed E-state index contributed by atoms with van der Waals surface area (Å²) in [6, 6.07) is 0.980. The van der Waals surface area contributed by atoms with Crippen LogP contribution in [-0.4, -0.2) is 59.3 Å². The summed E-state index contributed by atoms with van der Waals surface area (Å²) in [6.45, 7) is 4.05. The van der Waals surface area contributed by atoms with Gasteiger partial charge >= 0.3 is 0 Å². The van der Waals surface area contributed by atoms with Crippen molar-refractivity contribution in [1.29, 1.82) is 0 Å². The second-order valence-corrected chi connectivity index (χ2v) is 11.1. The average Bonchev–Trinajstić information content (AvgIpc) is 3.67. The highest BCUT2D eigenvalue weighted by atomic mass is 31.1. The third-order valence-corrected chi connectivity index (χ3v) is 8.00. The zero-order valence-electron chi connectivity index (χ0n) is 19.7. The van der Waals surface area contributed by atoms with Gasteiger partial charge in [-0.1, -0.05) is 0 Å². The highest BCUT2D eigenvalue weighted by Gasteiger charge is 2.34. The molecule has 0 spiro atoms. The molecule has 0 N–H and O–H groups in total. The smallest absolute Gasteiger partial charge is 0.224 e. The summed E-state index contributed by atoms with van der Waals surface area (Å²) in [4.78, 5) is 41.1. The molecule has 1 aliphatic carbocycles. The molecule has 1 saturated carbocycles. The second kappa shape index (κ2) is 10.1. The number of pyridine rings is 1. The number of piperazine rings is 1. The number of anilines is 1. The summed E-state index contributed by atoms with van der Waals surface area (Å²) in [5.41, 5.74) is 0.158. The predicted molar refractivity (Wildman–Crippen MR) is 130 cm³/mol. The lowest BCUT2D eigenvalue weighted by Crippen LogP contribution is -2.54. The maximum Gasteiger partial charge on any atom is 0.224 e. The molecular weight excluding hydrogens is 495 g/mol. The number of benzene rings is 1. The molecule has 1 aromatic heterocycles. The van der Waals surface area contributed by atoms with E-state index in [-0.39, 0.29) is 76.0 Å². The van der Waals surface area contributed by atoms with Crippen LogP contribution >= 0.6 is 16.9 Å². The van der Waals surface area contributed by atoms with E-state index >= 15 is 4.39 Å². The highest BCUT2D eigenvalue weighted by molar-refractivity contribution is 7.44. The van der Waals surface area contributed by atoms with Gasteiger partial charge < -0.3 is 19.1 Å². The molecule has 0 bridgehead atoms. The molecule has 12 heteroatoms. The number of carbonyl (C=O) groups excluding carboxylic acids is 2. The Morgan fingerprint density at radius 3 is 2.46 bits per heavy atom. The van der Waals surface area contributed by atoms with Gasteiger partial charge in [-0.05, 0) is 32.8 Å². The molecule has 0 radical (unpaired) electrons. The summed E-state index contributed by atoms with van der Waals surface area (Å²) >= 11 is 0. The number of hydrogen-bond donors (Lipinski definition) is 0. The van der Waals surface area contributed by atoms with Crippen LogP contribution < -0.4 is 15.1 Å². The van der Waals surface area contributed by atoms with E-state index in [4.69, 9.17) is 4.74 Å². The Bertz CT molecular complexity index is 1270. The number of halogens is 1. The van der Waals surface area contributed by atoms with Crippen LogP contribution in [0, 0.1) is 5.82 Å². The number of fused-ring (bicyclic) bond motifs is 1. The van der Waals surface area contributed by atoms with Gasteiger partial charge in [-0.3, -0.25) is 23.5 Å². The van der Waals surface area contributed by atoms with Gasteiger partial charge in [0.05, 0.1) is 30.0 Å². The topological polar surface area (TPSA) is 106 Å². The Labute approximate surface area is 204 Å². The van der Waals surface area contributed by atoms with E-state index in [9.17, 15) is 23.5 Å².